The third kappa shape index (κ3) is 4.05. The number of likely N-dealkylation sites (N-methyl/N-ethyl adjacent to an activating group) is 1. The van der Waals surface area contributed by atoms with Crippen LogP contribution in [-0.2, 0) is 30.3 Å². The van der Waals surface area contributed by atoms with Crippen LogP contribution in [0.5, 0.6) is 5.75 Å². The molecule has 12 heteroatoms. The van der Waals surface area contributed by atoms with Gasteiger partial charge < -0.3 is 36.6 Å². The van der Waals surface area contributed by atoms with Gasteiger partial charge in [0, 0.05) is 17.2 Å². The number of primary amides is 1. The summed E-state index contributed by atoms with van der Waals surface area (Å²) in [4.78, 5) is 54.9. The van der Waals surface area contributed by atoms with Gasteiger partial charge in [-0.25, -0.2) is 0 Å². The molecule has 1 amide bonds. The van der Waals surface area contributed by atoms with E-state index in [0.717, 1.165) is 0 Å². The average molecular weight is 578 g/mol. The molecule has 0 aliphatic heterocycles. The van der Waals surface area contributed by atoms with Crippen molar-refractivity contribution < 1.29 is 44.3 Å². The van der Waals surface area contributed by atoms with E-state index in [-0.39, 0.29) is 17.7 Å². The first kappa shape index (κ1) is 28.8. The molecule has 0 radical (unpaired) electrons. The fourth-order valence-corrected chi connectivity index (χ4v) is 6.68. The minimum atomic E-state index is -3.00. The molecule has 220 valence electrons. The van der Waals surface area contributed by atoms with Gasteiger partial charge in [-0.05, 0) is 49.3 Å². The molecule has 3 aliphatic rings. The second-order valence-electron chi connectivity index (χ2n) is 11.2. The van der Waals surface area contributed by atoms with Gasteiger partial charge in [-0.15, -0.1) is 0 Å². The Morgan fingerprint density at radius 1 is 1.05 bits per heavy atom. The number of Topliss-reactive ketones (excluding diaryl/α,β-unsaturated/α-hetero) is 2. The zero-order chi connectivity index (χ0) is 30.8. The molecular weight excluding hydrogens is 546 g/mol. The standard InChI is InChI=1S/C30H31N3O9/c1-12-15-5-4-6-16(34)19(15)24(36)20-18(12)26(42-17(35)11-13-7-9-14(31)10-8-13)22-23(33(2)3)25(37)21(29(32)40)28(39)30(22,41)27(20)38/h4-10,12,18,22-23,26,34,36,39,41H,11,31H2,1-3H3,(H2,32,40)/t12-,18+,22+,23-,26-,30-/m1/s1. The van der Waals surface area contributed by atoms with Crippen LogP contribution in [0.15, 0.2) is 59.4 Å². The Morgan fingerprint density at radius 2 is 1.69 bits per heavy atom. The maximum absolute atomic E-state index is 14.2. The number of fused-ring (bicyclic) bond motifs is 3. The van der Waals surface area contributed by atoms with Crippen molar-refractivity contribution in [3.05, 3.63) is 76.1 Å². The van der Waals surface area contributed by atoms with Crippen molar-refractivity contribution >= 4 is 34.9 Å². The second-order valence-corrected chi connectivity index (χ2v) is 11.2. The molecule has 0 aromatic heterocycles. The van der Waals surface area contributed by atoms with E-state index in [2.05, 4.69) is 0 Å². The summed E-state index contributed by atoms with van der Waals surface area (Å²) in [5.74, 6) is -10.1. The van der Waals surface area contributed by atoms with Crippen molar-refractivity contribution in [1.82, 2.24) is 4.90 Å². The molecule has 2 aromatic carbocycles. The summed E-state index contributed by atoms with van der Waals surface area (Å²) in [7, 11) is 2.92. The van der Waals surface area contributed by atoms with Crippen LogP contribution in [0.25, 0.3) is 5.76 Å². The predicted molar refractivity (Wildman–Crippen MR) is 149 cm³/mol. The third-order valence-corrected chi connectivity index (χ3v) is 8.56. The lowest BCUT2D eigenvalue weighted by atomic mass is 9.54. The maximum Gasteiger partial charge on any atom is 0.310 e. The van der Waals surface area contributed by atoms with Gasteiger partial charge in [0.25, 0.3) is 5.91 Å². The summed E-state index contributed by atoms with van der Waals surface area (Å²) in [6.45, 7) is 1.69. The first-order valence-electron chi connectivity index (χ1n) is 13.2. The van der Waals surface area contributed by atoms with Crippen LogP contribution < -0.4 is 11.5 Å². The maximum atomic E-state index is 14.2. The molecular formula is C30H31N3O9. The lowest BCUT2D eigenvalue weighted by Gasteiger charge is -2.54. The number of phenols is 1. The number of anilines is 1. The Labute approximate surface area is 240 Å². The lowest BCUT2D eigenvalue weighted by molar-refractivity contribution is -0.185. The molecule has 0 bridgehead atoms. The number of nitrogen functional groups attached to an aromatic ring is 1. The SMILES string of the molecule is C[C@@H]1c2cccc(O)c2C(O)=C2C(=O)[C@@]3(O)C(O)=C(C(N)=O)C(=O)[C@H](N(C)C)[C@H]3[C@H](OC(=O)Cc3ccc(N)cc3)[C@H]21. The van der Waals surface area contributed by atoms with E-state index >= 15 is 0 Å². The Morgan fingerprint density at radius 3 is 2.29 bits per heavy atom. The quantitative estimate of drug-likeness (QED) is 0.167. The summed E-state index contributed by atoms with van der Waals surface area (Å²) in [6.07, 6.45) is -1.72. The summed E-state index contributed by atoms with van der Waals surface area (Å²) < 4.78 is 6.00. The average Bonchev–Trinajstić information content (AvgIpc) is 2.91. The highest BCUT2D eigenvalue weighted by Crippen LogP contribution is 2.56. The van der Waals surface area contributed by atoms with Gasteiger partial charge in [0.1, 0.15) is 28.9 Å². The largest absolute Gasteiger partial charge is 0.508 e. The highest BCUT2D eigenvalue weighted by molar-refractivity contribution is 6.24. The van der Waals surface area contributed by atoms with Gasteiger partial charge in [-0.1, -0.05) is 31.2 Å². The number of benzene rings is 2. The van der Waals surface area contributed by atoms with E-state index in [0.29, 0.717) is 16.8 Å². The summed E-state index contributed by atoms with van der Waals surface area (Å²) in [6, 6.07) is 9.48. The smallest absolute Gasteiger partial charge is 0.310 e. The van der Waals surface area contributed by atoms with E-state index < -0.39 is 81.6 Å². The van der Waals surface area contributed by atoms with Crippen molar-refractivity contribution in [2.45, 2.75) is 37.0 Å². The van der Waals surface area contributed by atoms with Crippen LogP contribution in [-0.4, -0.2) is 80.6 Å². The van der Waals surface area contributed by atoms with Gasteiger partial charge in [-0.3, -0.25) is 24.1 Å². The van der Waals surface area contributed by atoms with E-state index in [9.17, 15) is 39.6 Å². The highest BCUT2D eigenvalue weighted by Gasteiger charge is 2.69. The van der Waals surface area contributed by atoms with Crippen molar-refractivity contribution in [2.24, 2.45) is 17.6 Å². The number of aliphatic hydroxyl groups is 3. The number of hydrogen-bond donors (Lipinski definition) is 6. The molecule has 3 aliphatic carbocycles. The van der Waals surface area contributed by atoms with Crippen LogP contribution in [0.4, 0.5) is 5.69 Å². The zero-order valence-corrected chi connectivity index (χ0v) is 23.1. The van der Waals surface area contributed by atoms with E-state index in [1.807, 2.05) is 0 Å². The number of nitrogens with zero attached hydrogens (tertiary/aromatic N) is 1. The normalized spacial score (nSPS) is 28.7. The fraction of sp³-hybridized carbons (Fsp3) is 0.333. The summed E-state index contributed by atoms with van der Waals surface area (Å²) in [5.41, 5.74) is 8.14. The number of nitrogens with two attached hydrogens (primary N) is 2. The molecule has 0 unspecified atom stereocenters. The zero-order valence-electron chi connectivity index (χ0n) is 23.1. The van der Waals surface area contributed by atoms with E-state index in [1.165, 1.54) is 25.1 Å². The number of aromatic hydroxyl groups is 1. The van der Waals surface area contributed by atoms with E-state index in [1.54, 1.807) is 43.3 Å². The van der Waals surface area contributed by atoms with Crippen LogP contribution in [0, 0.1) is 11.8 Å². The minimum absolute atomic E-state index is 0.0618. The van der Waals surface area contributed by atoms with Crippen LogP contribution in [0.2, 0.25) is 0 Å². The summed E-state index contributed by atoms with van der Waals surface area (Å²) >= 11 is 0. The predicted octanol–water partition coefficient (Wildman–Crippen LogP) is 0.872. The molecule has 1 saturated carbocycles. The summed E-state index contributed by atoms with van der Waals surface area (Å²) in [5, 5.41) is 45.3. The Hall–Kier alpha value is -4.68. The molecule has 0 heterocycles. The number of ketones is 2. The van der Waals surface area contributed by atoms with Crippen LogP contribution in [0.3, 0.4) is 0 Å². The van der Waals surface area contributed by atoms with Crippen molar-refractivity contribution in [3.63, 3.8) is 0 Å². The fourth-order valence-electron chi connectivity index (χ4n) is 6.68. The third-order valence-electron chi connectivity index (χ3n) is 8.56. The van der Waals surface area contributed by atoms with Crippen LogP contribution >= 0.6 is 0 Å². The molecule has 0 saturated heterocycles. The van der Waals surface area contributed by atoms with Gasteiger partial charge in [-0.2, -0.15) is 0 Å². The number of ether oxygens (including phenoxy) is 1. The van der Waals surface area contributed by atoms with Gasteiger partial charge in [0.15, 0.2) is 11.4 Å². The van der Waals surface area contributed by atoms with E-state index in [4.69, 9.17) is 16.2 Å². The molecule has 8 N–H and O–H groups in total. The molecule has 42 heavy (non-hydrogen) atoms. The molecule has 12 nitrogen and oxygen atoms in total. The highest BCUT2D eigenvalue weighted by atomic mass is 16.5. The van der Waals surface area contributed by atoms with Gasteiger partial charge >= 0.3 is 5.97 Å². The topological polar surface area (TPSA) is 214 Å². The number of carbonyl (C=O) groups excluding carboxylic acids is 4. The Bertz CT molecular complexity index is 1590. The Kier molecular flexibility index (Phi) is 6.86. The number of carbonyl (C=O) groups is 4. The molecule has 0 spiro atoms. The van der Waals surface area contributed by atoms with Crippen molar-refractivity contribution in [1.29, 1.82) is 0 Å². The minimum Gasteiger partial charge on any atom is -0.508 e. The number of hydrogen-bond acceptors (Lipinski definition) is 11. The number of aliphatic hydroxyl groups excluding tert-OH is 2. The molecule has 6 atom stereocenters. The molecule has 5 rings (SSSR count). The van der Waals surface area contributed by atoms with Crippen LogP contribution in [0.1, 0.15) is 29.5 Å². The second kappa shape index (κ2) is 10.00. The number of rotatable bonds is 5. The first-order chi connectivity index (χ1) is 19.7. The molecule has 1 fully saturated rings. The monoisotopic (exact) mass is 577 g/mol. The number of esters is 1. The first-order valence-corrected chi connectivity index (χ1v) is 13.2. The van der Waals surface area contributed by atoms with Crippen molar-refractivity contribution in [2.75, 3.05) is 19.8 Å². The Balaban J connectivity index is 1.76. The number of amides is 1. The van der Waals surface area contributed by atoms with Crippen molar-refractivity contribution in [3.8, 4) is 5.75 Å². The lowest BCUT2D eigenvalue weighted by Crippen LogP contribution is -2.71. The van der Waals surface area contributed by atoms with Gasteiger partial charge in [0.2, 0.25) is 5.78 Å². The van der Waals surface area contributed by atoms with Gasteiger partial charge in [0.05, 0.1) is 23.9 Å². The number of phenolic OH excluding ortho intramolecular Hbond substituents is 1. The molecule has 2 aromatic rings.